The summed E-state index contributed by atoms with van der Waals surface area (Å²) in [6, 6.07) is 7.07. The van der Waals surface area contributed by atoms with Gasteiger partial charge in [0.15, 0.2) is 0 Å². The van der Waals surface area contributed by atoms with Gasteiger partial charge in [0.25, 0.3) is 0 Å². The highest BCUT2D eigenvalue weighted by Gasteiger charge is 2.08. The molecule has 5 nitrogen and oxygen atoms in total. The van der Waals surface area contributed by atoms with Crippen molar-refractivity contribution >= 4 is 15.9 Å². The Morgan fingerprint density at radius 3 is 2.88 bits per heavy atom. The Morgan fingerprint density at radius 2 is 2.19 bits per heavy atom. The molecule has 0 saturated carbocycles. The average molecular weight is 287 g/mol. The van der Waals surface area contributed by atoms with Crippen LogP contribution in [0.5, 0.6) is 0 Å². The first-order valence-electron chi connectivity index (χ1n) is 4.57. The zero-order valence-corrected chi connectivity index (χ0v) is 9.76. The second-order valence-corrected chi connectivity index (χ2v) is 3.98. The highest BCUT2D eigenvalue weighted by Crippen LogP contribution is 2.12. The molecule has 0 amide bonds. The van der Waals surface area contributed by atoms with Gasteiger partial charge in [-0.2, -0.15) is 9.36 Å². The van der Waals surface area contributed by atoms with Crippen LogP contribution in [0, 0.1) is 0 Å². The van der Waals surface area contributed by atoms with Crippen LogP contribution in [0.25, 0.3) is 5.69 Å². The fourth-order valence-electron chi connectivity index (χ4n) is 1.26. The van der Waals surface area contributed by atoms with Gasteiger partial charge in [-0.05, 0) is 28.6 Å². The third kappa shape index (κ3) is 2.04. The summed E-state index contributed by atoms with van der Waals surface area (Å²) in [6.07, 6.45) is 0. The zero-order valence-electron chi connectivity index (χ0n) is 8.18. The molecule has 2 rings (SSSR count). The van der Waals surface area contributed by atoms with Crippen LogP contribution >= 0.6 is 15.9 Å². The number of hydrogen-bond donors (Lipinski definition) is 0. The summed E-state index contributed by atoms with van der Waals surface area (Å²) < 4.78 is 15.0. The van der Waals surface area contributed by atoms with Crippen LogP contribution in [0.1, 0.15) is 0 Å². The monoisotopic (exact) mass is 286 g/mol. The molecule has 1 aromatic carbocycles. The van der Waals surface area contributed by atoms with E-state index in [0.717, 1.165) is 13.8 Å². The number of alkyl halides is 1. The topological polar surface area (TPSA) is 52.7 Å². The van der Waals surface area contributed by atoms with Crippen molar-refractivity contribution in [1.29, 1.82) is 0 Å². The fourth-order valence-corrected chi connectivity index (χ4v) is 1.65. The van der Waals surface area contributed by atoms with Gasteiger partial charge in [-0.3, -0.25) is 0 Å². The second kappa shape index (κ2) is 4.56. The van der Waals surface area contributed by atoms with E-state index in [-0.39, 0.29) is 6.54 Å². The van der Waals surface area contributed by atoms with Crippen molar-refractivity contribution in [1.82, 2.24) is 19.8 Å². The quantitative estimate of drug-likeness (QED) is 0.851. The van der Waals surface area contributed by atoms with Gasteiger partial charge in [0.1, 0.15) is 6.67 Å². The molecule has 0 aliphatic rings. The summed E-state index contributed by atoms with van der Waals surface area (Å²) in [4.78, 5) is 11.7. The maximum Gasteiger partial charge on any atom is 0.368 e. The number of benzene rings is 1. The minimum Gasteiger partial charge on any atom is -0.249 e. The van der Waals surface area contributed by atoms with Crippen LogP contribution in [0.15, 0.2) is 33.5 Å². The van der Waals surface area contributed by atoms with Gasteiger partial charge in [-0.1, -0.05) is 22.0 Å². The molecule has 0 N–H and O–H groups in total. The lowest BCUT2D eigenvalue weighted by Crippen LogP contribution is -2.24. The summed E-state index contributed by atoms with van der Waals surface area (Å²) in [6.45, 7) is -0.718. The number of aryl methyl sites for hydroxylation is 1. The van der Waals surface area contributed by atoms with Crippen molar-refractivity contribution in [2.24, 2.45) is 0 Å². The van der Waals surface area contributed by atoms with Crippen LogP contribution < -0.4 is 5.69 Å². The molecule has 0 bridgehead atoms. The van der Waals surface area contributed by atoms with Crippen LogP contribution in [0.3, 0.4) is 0 Å². The normalized spacial score (nSPS) is 10.6. The van der Waals surface area contributed by atoms with Gasteiger partial charge >= 0.3 is 5.69 Å². The van der Waals surface area contributed by atoms with Crippen molar-refractivity contribution in [3.8, 4) is 5.69 Å². The van der Waals surface area contributed by atoms with Crippen molar-refractivity contribution in [2.75, 3.05) is 6.67 Å². The molecule has 0 unspecified atom stereocenters. The molecule has 0 radical (unpaired) electrons. The van der Waals surface area contributed by atoms with Crippen LogP contribution in [-0.2, 0) is 6.54 Å². The number of nitrogens with zero attached hydrogens (tertiary/aromatic N) is 4. The molecule has 0 spiro atoms. The van der Waals surface area contributed by atoms with E-state index >= 15 is 0 Å². The molecule has 1 heterocycles. The highest BCUT2D eigenvalue weighted by atomic mass is 79.9. The third-order valence-corrected chi connectivity index (χ3v) is 2.48. The van der Waals surface area contributed by atoms with Crippen molar-refractivity contribution in [3.05, 3.63) is 39.2 Å². The van der Waals surface area contributed by atoms with Gasteiger partial charge in [-0.15, -0.1) is 0 Å². The summed E-state index contributed by atoms with van der Waals surface area (Å²) in [7, 11) is 0. The van der Waals surface area contributed by atoms with Crippen molar-refractivity contribution in [2.45, 2.75) is 6.54 Å². The van der Waals surface area contributed by atoms with E-state index in [2.05, 4.69) is 26.4 Å². The minimum atomic E-state index is -0.642. The molecule has 0 atom stereocenters. The first-order valence-corrected chi connectivity index (χ1v) is 5.36. The Balaban J connectivity index is 2.45. The molecule has 84 valence electrons. The number of aromatic nitrogens is 4. The molecule has 0 aliphatic carbocycles. The Hall–Kier alpha value is -1.50. The van der Waals surface area contributed by atoms with E-state index in [1.807, 2.05) is 6.07 Å². The predicted octanol–water partition coefficient (Wildman–Crippen LogP) is 1.16. The molecule has 16 heavy (non-hydrogen) atoms. The first kappa shape index (κ1) is 11.0. The standard InChI is InChI=1S/C9H8BrFN4O/c10-7-2-1-3-8(6-7)15-9(16)14(5-4-11)12-13-15/h1-3,6H,4-5H2. The van der Waals surface area contributed by atoms with Gasteiger partial charge in [0, 0.05) is 4.47 Å². The molecular weight excluding hydrogens is 279 g/mol. The second-order valence-electron chi connectivity index (χ2n) is 3.07. The molecular formula is C9H8BrFN4O. The van der Waals surface area contributed by atoms with Crippen LogP contribution in [-0.4, -0.2) is 26.5 Å². The zero-order chi connectivity index (χ0) is 11.5. The van der Waals surface area contributed by atoms with E-state index in [1.165, 1.54) is 0 Å². The van der Waals surface area contributed by atoms with Gasteiger partial charge in [-0.25, -0.2) is 9.18 Å². The maximum atomic E-state index is 12.1. The lowest BCUT2D eigenvalue weighted by atomic mass is 10.3. The number of rotatable bonds is 3. The number of hydrogen-bond acceptors (Lipinski definition) is 3. The van der Waals surface area contributed by atoms with Gasteiger partial charge in [0.05, 0.1) is 12.2 Å². The van der Waals surface area contributed by atoms with Crippen molar-refractivity contribution < 1.29 is 4.39 Å². The largest absolute Gasteiger partial charge is 0.368 e. The van der Waals surface area contributed by atoms with Gasteiger partial charge in [0.2, 0.25) is 0 Å². The minimum absolute atomic E-state index is 0.0766. The summed E-state index contributed by atoms with van der Waals surface area (Å²) in [5.74, 6) is 0. The Morgan fingerprint density at radius 1 is 1.38 bits per heavy atom. The molecule has 0 fully saturated rings. The maximum absolute atomic E-state index is 12.1. The first-order chi connectivity index (χ1) is 7.72. The van der Waals surface area contributed by atoms with Gasteiger partial charge < -0.3 is 0 Å². The van der Waals surface area contributed by atoms with Crippen molar-refractivity contribution in [3.63, 3.8) is 0 Å². The summed E-state index contributed by atoms with van der Waals surface area (Å²) in [5, 5.41) is 7.25. The van der Waals surface area contributed by atoms with E-state index in [0.29, 0.717) is 5.69 Å². The van der Waals surface area contributed by atoms with E-state index < -0.39 is 12.4 Å². The fraction of sp³-hybridized carbons (Fsp3) is 0.222. The third-order valence-electron chi connectivity index (χ3n) is 1.99. The Labute approximate surface area is 98.6 Å². The SMILES string of the molecule is O=c1n(CCF)nnn1-c1cccc(Br)c1. The molecule has 0 saturated heterocycles. The number of tetrazole rings is 1. The molecule has 1 aromatic heterocycles. The lowest BCUT2D eigenvalue weighted by molar-refractivity contribution is 0.416. The van der Waals surface area contributed by atoms with E-state index in [1.54, 1.807) is 18.2 Å². The molecule has 2 aromatic rings. The number of halogens is 2. The van der Waals surface area contributed by atoms with E-state index in [4.69, 9.17) is 0 Å². The lowest BCUT2D eigenvalue weighted by Gasteiger charge is -1.98. The summed E-state index contributed by atoms with van der Waals surface area (Å²) >= 11 is 3.29. The van der Waals surface area contributed by atoms with E-state index in [9.17, 15) is 9.18 Å². The van der Waals surface area contributed by atoms with Crippen LogP contribution in [0.2, 0.25) is 0 Å². The van der Waals surface area contributed by atoms with Crippen LogP contribution in [0.4, 0.5) is 4.39 Å². The highest BCUT2D eigenvalue weighted by molar-refractivity contribution is 9.10. The Bertz CT molecular complexity index is 550. The molecule has 7 heteroatoms. The molecule has 0 aliphatic heterocycles. The smallest absolute Gasteiger partial charge is 0.249 e. The Kier molecular flexibility index (Phi) is 3.14. The average Bonchev–Trinajstić information content (AvgIpc) is 2.61. The predicted molar refractivity (Wildman–Crippen MR) is 59.3 cm³/mol. The summed E-state index contributed by atoms with van der Waals surface area (Å²) in [5.41, 5.74) is 0.139.